The average Bonchev–Trinajstić information content (AvgIpc) is 2.49. The number of aryl methyl sites for hydroxylation is 1. The van der Waals surface area contributed by atoms with Gasteiger partial charge in [-0.05, 0) is 71.4 Å². The van der Waals surface area contributed by atoms with Gasteiger partial charge in [-0.3, -0.25) is 0 Å². The van der Waals surface area contributed by atoms with Gasteiger partial charge >= 0.3 is 0 Å². The number of halogens is 2. The highest BCUT2D eigenvalue weighted by atomic mass is 79.9. The van der Waals surface area contributed by atoms with Crippen LogP contribution in [-0.2, 0) is 12.8 Å². The normalized spacial score (nSPS) is 17.9. The van der Waals surface area contributed by atoms with Crippen molar-refractivity contribution in [1.82, 2.24) is 9.97 Å². The van der Waals surface area contributed by atoms with Gasteiger partial charge in [-0.1, -0.05) is 0 Å². The van der Waals surface area contributed by atoms with Gasteiger partial charge in [-0.2, -0.15) is 0 Å². The maximum absolute atomic E-state index is 13.3. The molecule has 0 radical (unpaired) electrons. The highest BCUT2D eigenvalue weighted by Crippen LogP contribution is 2.27. The van der Waals surface area contributed by atoms with E-state index in [-0.39, 0.29) is 5.82 Å². The summed E-state index contributed by atoms with van der Waals surface area (Å²) in [5.74, 6) is 0.907. The van der Waals surface area contributed by atoms with Crippen LogP contribution in [0.25, 0.3) is 11.4 Å². The Morgan fingerprint density at radius 3 is 3.00 bits per heavy atom. The third-order valence-corrected chi connectivity index (χ3v) is 4.37. The van der Waals surface area contributed by atoms with Crippen LogP contribution in [0.2, 0.25) is 0 Å². The molecule has 0 spiro atoms. The van der Waals surface area contributed by atoms with Gasteiger partial charge in [-0.25, -0.2) is 14.4 Å². The first-order valence-electron chi connectivity index (χ1n) is 6.67. The Morgan fingerprint density at radius 2 is 2.25 bits per heavy atom. The van der Waals surface area contributed by atoms with E-state index in [0.29, 0.717) is 22.8 Å². The summed E-state index contributed by atoms with van der Waals surface area (Å²) < 4.78 is 13.7. The molecule has 2 N–H and O–H groups in total. The van der Waals surface area contributed by atoms with Crippen LogP contribution in [0.5, 0.6) is 0 Å². The molecule has 0 aliphatic heterocycles. The number of hydrogen-bond acceptors (Lipinski definition) is 3. The molecular weight excluding hydrogens is 321 g/mol. The summed E-state index contributed by atoms with van der Waals surface area (Å²) in [6.45, 7) is 0.714. The van der Waals surface area contributed by atoms with E-state index in [1.165, 1.54) is 11.6 Å². The zero-order valence-corrected chi connectivity index (χ0v) is 12.5. The third kappa shape index (κ3) is 2.60. The Bertz CT molecular complexity index is 645. The van der Waals surface area contributed by atoms with E-state index in [1.807, 2.05) is 6.20 Å². The van der Waals surface area contributed by atoms with Crippen LogP contribution in [0.1, 0.15) is 17.7 Å². The zero-order chi connectivity index (χ0) is 14.1. The summed E-state index contributed by atoms with van der Waals surface area (Å²) in [5, 5.41) is 0. The predicted molar refractivity (Wildman–Crippen MR) is 79.7 cm³/mol. The summed E-state index contributed by atoms with van der Waals surface area (Å²) in [7, 11) is 0. The zero-order valence-electron chi connectivity index (χ0n) is 10.9. The maximum atomic E-state index is 13.3. The second-order valence-corrected chi connectivity index (χ2v) is 5.99. The molecular formula is C15H15BrFN3. The molecule has 1 aromatic carbocycles. The van der Waals surface area contributed by atoms with Crippen LogP contribution in [-0.4, -0.2) is 16.5 Å². The van der Waals surface area contributed by atoms with Crippen molar-refractivity contribution in [3.05, 3.63) is 45.9 Å². The fraction of sp³-hybridized carbons (Fsp3) is 0.333. The standard InChI is InChI=1S/C15H15BrFN3/c16-12-6-10(2-3-13(12)17)15-19-8-11-5-9(7-18)1-4-14(11)20-15/h2-3,6,8-9H,1,4-5,7,18H2. The minimum absolute atomic E-state index is 0.280. The molecule has 20 heavy (non-hydrogen) atoms. The number of nitrogens with zero attached hydrogens (tertiary/aromatic N) is 2. The Balaban J connectivity index is 1.94. The van der Waals surface area contributed by atoms with Gasteiger partial charge in [0.15, 0.2) is 5.82 Å². The van der Waals surface area contributed by atoms with Gasteiger partial charge < -0.3 is 5.73 Å². The quantitative estimate of drug-likeness (QED) is 0.917. The van der Waals surface area contributed by atoms with E-state index < -0.39 is 0 Å². The largest absolute Gasteiger partial charge is 0.330 e. The summed E-state index contributed by atoms with van der Waals surface area (Å²) >= 11 is 3.19. The number of nitrogens with two attached hydrogens (primary N) is 1. The van der Waals surface area contributed by atoms with Gasteiger partial charge in [0, 0.05) is 17.5 Å². The van der Waals surface area contributed by atoms with Crippen LogP contribution >= 0.6 is 15.9 Å². The van der Waals surface area contributed by atoms with E-state index in [0.717, 1.165) is 30.5 Å². The molecule has 0 saturated heterocycles. The minimum Gasteiger partial charge on any atom is -0.330 e. The predicted octanol–water partition coefficient (Wildman–Crippen LogP) is 3.11. The van der Waals surface area contributed by atoms with E-state index in [2.05, 4.69) is 25.9 Å². The van der Waals surface area contributed by atoms with E-state index >= 15 is 0 Å². The fourth-order valence-corrected chi connectivity index (χ4v) is 2.94. The number of hydrogen-bond donors (Lipinski definition) is 1. The first-order chi connectivity index (χ1) is 9.67. The lowest BCUT2D eigenvalue weighted by atomic mass is 9.87. The molecule has 0 fully saturated rings. The lowest BCUT2D eigenvalue weighted by Crippen LogP contribution is -2.23. The molecule has 1 aromatic heterocycles. The average molecular weight is 336 g/mol. The van der Waals surface area contributed by atoms with Crippen molar-refractivity contribution >= 4 is 15.9 Å². The molecule has 0 bridgehead atoms. The molecule has 104 valence electrons. The van der Waals surface area contributed by atoms with Gasteiger partial charge in [0.2, 0.25) is 0 Å². The van der Waals surface area contributed by atoms with Crippen molar-refractivity contribution in [3.8, 4) is 11.4 Å². The molecule has 3 rings (SSSR count). The topological polar surface area (TPSA) is 51.8 Å². The first kappa shape index (κ1) is 13.6. The van der Waals surface area contributed by atoms with Gasteiger partial charge in [0.25, 0.3) is 0 Å². The van der Waals surface area contributed by atoms with Crippen molar-refractivity contribution in [1.29, 1.82) is 0 Å². The number of benzene rings is 1. The Kier molecular flexibility index (Phi) is 3.81. The molecule has 1 heterocycles. The van der Waals surface area contributed by atoms with E-state index in [9.17, 15) is 4.39 Å². The fourth-order valence-electron chi connectivity index (χ4n) is 2.56. The monoisotopic (exact) mass is 335 g/mol. The number of rotatable bonds is 2. The number of aromatic nitrogens is 2. The molecule has 0 amide bonds. The smallest absolute Gasteiger partial charge is 0.159 e. The molecule has 1 aliphatic rings. The summed E-state index contributed by atoms with van der Waals surface area (Å²) in [4.78, 5) is 9.03. The Morgan fingerprint density at radius 1 is 1.40 bits per heavy atom. The van der Waals surface area contributed by atoms with Gasteiger partial charge in [0.05, 0.1) is 4.47 Å². The van der Waals surface area contributed by atoms with Crippen molar-refractivity contribution < 1.29 is 4.39 Å². The molecule has 5 heteroatoms. The van der Waals surface area contributed by atoms with Gasteiger partial charge in [-0.15, -0.1) is 0 Å². The molecule has 0 saturated carbocycles. The lowest BCUT2D eigenvalue weighted by molar-refractivity contribution is 0.462. The highest BCUT2D eigenvalue weighted by Gasteiger charge is 2.19. The van der Waals surface area contributed by atoms with Crippen LogP contribution in [0, 0.1) is 11.7 Å². The first-order valence-corrected chi connectivity index (χ1v) is 7.47. The van der Waals surface area contributed by atoms with Crippen molar-refractivity contribution in [3.63, 3.8) is 0 Å². The Hall–Kier alpha value is -1.33. The van der Waals surface area contributed by atoms with Crippen molar-refractivity contribution in [2.24, 2.45) is 11.7 Å². The van der Waals surface area contributed by atoms with Crippen LogP contribution in [0.4, 0.5) is 4.39 Å². The van der Waals surface area contributed by atoms with Crippen LogP contribution in [0.3, 0.4) is 0 Å². The summed E-state index contributed by atoms with van der Waals surface area (Å²) in [6, 6.07) is 4.84. The van der Waals surface area contributed by atoms with Crippen LogP contribution in [0.15, 0.2) is 28.9 Å². The van der Waals surface area contributed by atoms with E-state index in [1.54, 1.807) is 12.1 Å². The van der Waals surface area contributed by atoms with Crippen molar-refractivity contribution in [2.45, 2.75) is 19.3 Å². The van der Waals surface area contributed by atoms with Crippen molar-refractivity contribution in [2.75, 3.05) is 6.54 Å². The second-order valence-electron chi connectivity index (χ2n) is 5.14. The third-order valence-electron chi connectivity index (χ3n) is 3.76. The second kappa shape index (κ2) is 5.58. The SMILES string of the molecule is NCC1CCc2nc(-c3ccc(F)c(Br)c3)ncc2C1. The number of fused-ring (bicyclic) bond motifs is 1. The summed E-state index contributed by atoms with van der Waals surface area (Å²) in [6.07, 6.45) is 4.86. The Labute approximate surface area is 125 Å². The van der Waals surface area contributed by atoms with Crippen LogP contribution < -0.4 is 5.73 Å². The lowest BCUT2D eigenvalue weighted by Gasteiger charge is -2.22. The van der Waals surface area contributed by atoms with E-state index in [4.69, 9.17) is 5.73 Å². The molecule has 3 nitrogen and oxygen atoms in total. The maximum Gasteiger partial charge on any atom is 0.159 e. The minimum atomic E-state index is -0.280. The molecule has 1 aliphatic carbocycles. The van der Waals surface area contributed by atoms with Gasteiger partial charge in [0.1, 0.15) is 5.82 Å². The molecule has 2 aromatic rings. The molecule has 1 unspecified atom stereocenters. The highest BCUT2D eigenvalue weighted by molar-refractivity contribution is 9.10. The molecule has 1 atom stereocenters. The summed E-state index contributed by atoms with van der Waals surface area (Å²) in [5.41, 5.74) is 8.84.